The first-order valence-electron chi connectivity index (χ1n) is 6.59. The van der Waals surface area contributed by atoms with Crippen LogP contribution in [0, 0.1) is 19.9 Å². The highest BCUT2D eigenvalue weighted by Gasteiger charge is 2.09. The number of amides is 1. The molecule has 1 aromatic rings. The second-order valence-corrected chi connectivity index (χ2v) is 4.67. The van der Waals surface area contributed by atoms with Gasteiger partial charge >= 0.3 is 0 Å². The molecule has 1 unspecified atom stereocenters. The molecule has 0 heterocycles. The molecule has 1 aromatic carbocycles. The predicted octanol–water partition coefficient (Wildman–Crippen LogP) is 1.76. The van der Waals surface area contributed by atoms with Gasteiger partial charge in [-0.15, -0.1) is 0 Å². The minimum Gasteiger partial charge on any atom is -0.490 e. The molecule has 0 aliphatic heterocycles. The largest absolute Gasteiger partial charge is 0.490 e. The molecule has 0 spiro atoms. The Bertz CT molecular complexity index is 398. The van der Waals surface area contributed by atoms with Gasteiger partial charge < -0.3 is 15.2 Å². The quantitative estimate of drug-likeness (QED) is 0.789. The van der Waals surface area contributed by atoms with Crippen molar-refractivity contribution in [2.75, 3.05) is 13.2 Å². The zero-order valence-corrected chi connectivity index (χ0v) is 11.8. The molecule has 0 aromatic heterocycles. The lowest BCUT2D eigenvalue weighted by Gasteiger charge is -2.16. The zero-order valence-electron chi connectivity index (χ0n) is 11.8. The van der Waals surface area contributed by atoms with Gasteiger partial charge in [0.25, 0.3) is 0 Å². The van der Waals surface area contributed by atoms with E-state index in [-0.39, 0.29) is 19.1 Å². The van der Waals surface area contributed by atoms with Crippen LogP contribution in [0.4, 0.5) is 0 Å². The third-order valence-corrected chi connectivity index (χ3v) is 2.75. The minimum atomic E-state index is -0.705. The molecular weight excluding hydrogens is 242 g/mol. The Labute approximate surface area is 114 Å². The molecule has 1 atom stereocenters. The lowest BCUT2D eigenvalue weighted by molar-refractivity contribution is -0.121. The van der Waals surface area contributed by atoms with Gasteiger partial charge in [0.05, 0.1) is 0 Å². The fraction of sp³-hybridized carbons (Fsp3) is 0.533. The smallest absolute Gasteiger partial charge is 0.220 e. The number of carbonyl (C=O) groups is 1. The van der Waals surface area contributed by atoms with Crippen LogP contribution < -0.4 is 10.1 Å². The van der Waals surface area contributed by atoms with Crippen LogP contribution in [0.5, 0.6) is 5.75 Å². The molecule has 0 aliphatic carbocycles. The summed E-state index contributed by atoms with van der Waals surface area (Å²) in [6.07, 6.45) is 0.585. The van der Waals surface area contributed by atoms with Crippen LogP contribution in [-0.4, -0.2) is 30.3 Å². The Morgan fingerprint density at radius 1 is 1.42 bits per heavy atom. The SMILES string of the molecule is CCCC(=O)NCC(O)COc1c(C)c[c]cc1C. The van der Waals surface area contributed by atoms with E-state index in [1.165, 1.54) is 0 Å². The normalized spacial score (nSPS) is 12.0. The van der Waals surface area contributed by atoms with Crippen molar-refractivity contribution in [2.45, 2.75) is 39.7 Å². The Morgan fingerprint density at radius 3 is 2.63 bits per heavy atom. The number of benzene rings is 1. The number of aliphatic hydroxyl groups is 1. The molecule has 4 nitrogen and oxygen atoms in total. The van der Waals surface area contributed by atoms with Crippen LogP contribution in [0.1, 0.15) is 30.9 Å². The van der Waals surface area contributed by atoms with Crippen LogP contribution in [0.3, 0.4) is 0 Å². The monoisotopic (exact) mass is 264 g/mol. The summed E-state index contributed by atoms with van der Waals surface area (Å²) in [6.45, 7) is 6.20. The van der Waals surface area contributed by atoms with Crippen molar-refractivity contribution in [3.63, 3.8) is 0 Å². The molecule has 1 radical (unpaired) electrons. The first-order valence-corrected chi connectivity index (χ1v) is 6.59. The van der Waals surface area contributed by atoms with Crippen molar-refractivity contribution in [3.8, 4) is 5.75 Å². The molecule has 0 fully saturated rings. The maximum atomic E-state index is 11.3. The van der Waals surface area contributed by atoms with E-state index in [0.29, 0.717) is 6.42 Å². The Balaban J connectivity index is 2.38. The number of aliphatic hydroxyl groups excluding tert-OH is 1. The van der Waals surface area contributed by atoms with Crippen molar-refractivity contribution in [3.05, 3.63) is 29.3 Å². The fourth-order valence-corrected chi connectivity index (χ4v) is 1.75. The predicted molar refractivity (Wildman–Crippen MR) is 74.2 cm³/mol. The summed E-state index contributed by atoms with van der Waals surface area (Å²) >= 11 is 0. The number of rotatable bonds is 7. The molecule has 0 aliphatic rings. The average molecular weight is 264 g/mol. The molecule has 0 saturated heterocycles. The van der Waals surface area contributed by atoms with Gasteiger partial charge in [-0.3, -0.25) is 4.79 Å². The maximum Gasteiger partial charge on any atom is 0.220 e. The van der Waals surface area contributed by atoms with E-state index in [4.69, 9.17) is 4.74 Å². The highest BCUT2D eigenvalue weighted by molar-refractivity contribution is 5.75. The van der Waals surface area contributed by atoms with Gasteiger partial charge in [0, 0.05) is 13.0 Å². The minimum absolute atomic E-state index is 0.0387. The number of ether oxygens (including phenoxy) is 1. The van der Waals surface area contributed by atoms with Crippen LogP contribution >= 0.6 is 0 Å². The molecule has 1 amide bonds. The van der Waals surface area contributed by atoms with Gasteiger partial charge in [-0.2, -0.15) is 0 Å². The molecule has 0 saturated carbocycles. The van der Waals surface area contributed by atoms with E-state index >= 15 is 0 Å². The van der Waals surface area contributed by atoms with E-state index < -0.39 is 6.10 Å². The molecule has 2 N–H and O–H groups in total. The zero-order chi connectivity index (χ0) is 14.3. The molecule has 0 bridgehead atoms. The summed E-state index contributed by atoms with van der Waals surface area (Å²) in [5.74, 6) is 0.737. The number of hydrogen-bond donors (Lipinski definition) is 2. The molecule has 1 rings (SSSR count). The third kappa shape index (κ3) is 5.30. The van der Waals surface area contributed by atoms with Crippen molar-refractivity contribution in [1.82, 2.24) is 5.32 Å². The van der Waals surface area contributed by atoms with Gasteiger partial charge in [0.15, 0.2) is 0 Å². The number of aryl methyl sites for hydroxylation is 2. The third-order valence-electron chi connectivity index (χ3n) is 2.75. The van der Waals surface area contributed by atoms with E-state index in [1.54, 1.807) is 0 Å². The lowest BCUT2D eigenvalue weighted by Crippen LogP contribution is -2.35. The Hall–Kier alpha value is -1.55. The summed E-state index contributed by atoms with van der Waals surface area (Å²) in [6, 6.07) is 6.70. The molecule has 19 heavy (non-hydrogen) atoms. The van der Waals surface area contributed by atoms with E-state index in [0.717, 1.165) is 23.3 Å². The number of nitrogens with one attached hydrogen (secondary N) is 1. The van der Waals surface area contributed by atoms with Crippen LogP contribution in [0.2, 0.25) is 0 Å². The highest BCUT2D eigenvalue weighted by Crippen LogP contribution is 2.21. The van der Waals surface area contributed by atoms with Gasteiger partial charge in [0.2, 0.25) is 5.91 Å². The van der Waals surface area contributed by atoms with Crippen molar-refractivity contribution >= 4 is 5.91 Å². The van der Waals surface area contributed by atoms with Crippen LogP contribution in [-0.2, 0) is 4.79 Å². The summed E-state index contributed by atoms with van der Waals surface area (Å²) in [7, 11) is 0. The second-order valence-electron chi connectivity index (χ2n) is 4.67. The van der Waals surface area contributed by atoms with Crippen molar-refractivity contribution < 1.29 is 14.6 Å². The van der Waals surface area contributed by atoms with E-state index in [9.17, 15) is 9.90 Å². The summed E-state index contributed by atoms with van der Waals surface area (Å²) < 4.78 is 5.60. The first kappa shape index (κ1) is 15.5. The topological polar surface area (TPSA) is 58.6 Å². The van der Waals surface area contributed by atoms with Gasteiger partial charge in [-0.25, -0.2) is 0 Å². The second kappa shape index (κ2) is 7.79. The van der Waals surface area contributed by atoms with Crippen molar-refractivity contribution in [2.24, 2.45) is 0 Å². The Kier molecular flexibility index (Phi) is 6.36. The van der Waals surface area contributed by atoms with E-state index in [2.05, 4.69) is 11.4 Å². The summed E-state index contributed by atoms with van der Waals surface area (Å²) in [5, 5.41) is 12.4. The molecule has 105 valence electrons. The lowest BCUT2D eigenvalue weighted by atomic mass is 10.1. The summed E-state index contributed by atoms with van der Waals surface area (Å²) in [4.78, 5) is 11.3. The van der Waals surface area contributed by atoms with Gasteiger partial charge in [0.1, 0.15) is 18.5 Å². The Morgan fingerprint density at radius 2 is 2.05 bits per heavy atom. The van der Waals surface area contributed by atoms with Crippen LogP contribution in [0.15, 0.2) is 12.1 Å². The number of hydrogen-bond acceptors (Lipinski definition) is 3. The van der Waals surface area contributed by atoms with Crippen LogP contribution in [0.25, 0.3) is 0 Å². The summed E-state index contributed by atoms with van der Waals surface area (Å²) in [5.41, 5.74) is 1.98. The average Bonchev–Trinajstić information content (AvgIpc) is 2.36. The first-order chi connectivity index (χ1) is 9.04. The van der Waals surface area contributed by atoms with E-state index in [1.807, 2.05) is 32.9 Å². The number of carbonyl (C=O) groups excluding carboxylic acids is 1. The standard InChI is InChI=1S/C15H22NO3/c1-4-6-14(18)16-9-13(17)10-19-15-11(2)7-5-8-12(15)3/h7-8,13,17H,4,6,9-10H2,1-3H3,(H,16,18). The molecular formula is C15H22NO3. The van der Waals surface area contributed by atoms with Crippen molar-refractivity contribution in [1.29, 1.82) is 0 Å². The molecule has 4 heteroatoms. The van der Waals surface area contributed by atoms with Gasteiger partial charge in [-0.1, -0.05) is 6.92 Å². The highest BCUT2D eigenvalue weighted by atomic mass is 16.5. The fourth-order valence-electron chi connectivity index (χ4n) is 1.75. The maximum absolute atomic E-state index is 11.3. The van der Waals surface area contributed by atoms with Gasteiger partial charge in [-0.05, 0) is 49.6 Å².